The van der Waals surface area contributed by atoms with E-state index in [9.17, 15) is 4.79 Å². The number of aromatic nitrogens is 1. The van der Waals surface area contributed by atoms with Gasteiger partial charge in [0, 0.05) is 13.1 Å². The Morgan fingerprint density at radius 3 is 2.71 bits per heavy atom. The van der Waals surface area contributed by atoms with Gasteiger partial charge < -0.3 is 10.0 Å². The molecule has 0 spiro atoms. The highest BCUT2D eigenvalue weighted by molar-refractivity contribution is 5.85. The Hall–Kier alpha value is -1.58. The predicted octanol–water partition coefficient (Wildman–Crippen LogP) is 2.55. The molecule has 1 fully saturated rings. The maximum Gasteiger partial charge on any atom is 0.354 e. The van der Waals surface area contributed by atoms with Gasteiger partial charge in [0.2, 0.25) is 0 Å². The number of hydrogen-bond acceptors (Lipinski definition) is 3. The van der Waals surface area contributed by atoms with E-state index in [0.717, 1.165) is 5.82 Å². The van der Waals surface area contributed by atoms with Crippen LogP contribution in [0.5, 0.6) is 0 Å². The highest BCUT2D eigenvalue weighted by atomic mass is 16.4. The van der Waals surface area contributed by atoms with Crippen LogP contribution in [0, 0.1) is 0 Å². The Kier molecular flexibility index (Phi) is 3.61. The van der Waals surface area contributed by atoms with Gasteiger partial charge >= 0.3 is 5.97 Å². The summed E-state index contributed by atoms with van der Waals surface area (Å²) in [6.07, 6.45) is 6.18. The lowest BCUT2D eigenvalue weighted by atomic mass is 9.94. The molecule has 0 amide bonds. The zero-order valence-corrected chi connectivity index (χ0v) is 10.1. The fraction of sp³-hybridized carbons (Fsp3) is 0.538. The van der Waals surface area contributed by atoms with E-state index in [0.29, 0.717) is 6.04 Å². The van der Waals surface area contributed by atoms with Crippen LogP contribution in [0.2, 0.25) is 0 Å². The molecule has 1 aromatic rings. The first kappa shape index (κ1) is 11.9. The first-order valence-corrected chi connectivity index (χ1v) is 6.11. The standard InChI is InChI=1S/C13H18N2O2/c1-15(10-6-3-2-4-7-10)12-9-5-8-11(14-12)13(16)17/h5,8-10H,2-4,6-7H2,1H3,(H,16,17). The molecule has 0 unspecified atom stereocenters. The first-order chi connectivity index (χ1) is 8.18. The van der Waals surface area contributed by atoms with Crippen LogP contribution in [0.25, 0.3) is 0 Å². The average Bonchev–Trinajstić information content (AvgIpc) is 2.39. The molecule has 0 aromatic carbocycles. The molecule has 1 heterocycles. The van der Waals surface area contributed by atoms with Crippen molar-refractivity contribution in [2.75, 3.05) is 11.9 Å². The van der Waals surface area contributed by atoms with E-state index < -0.39 is 5.97 Å². The molecule has 4 heteroatoms. The van der Waals surface area contributed by atoms with Crippen molar-refractivity contribution in [2.45, 2.75) is 38.1 Å². The van der Waals surface area contributed by atoms with Crippen LogP contribution < -0.4 is 4.90 Å². The summed E-state index contributed by atoms with van der Waals surface area (Å²) >= 11 is 0. The minimum absolute atomic E-state index is 0.116. The minimum Gasteiger partial charge on any atom is -0.477 e. The number of hydrogen-bond donors (Lipinski definition) is 1. The fourth-order valence-electron chi connectivity index (χ4n) is 2.39. The van der Waals surface area contributed by atoms with E-state index in [2.05, 4.69) is 9.88 Å². The second-order valence-electron chi connectivity index (χ2n) is 4.59. The zero-order chi connectivity index (χ0) is 12.3. The van der Waals surface area contributed by atoms with Gasteiger partial charge in [0.05, 0.1) is 0 Å². The Morgan fingerprint density at radius 1 is 1.35 bits per heavy atom. The summed E-state index contributed by atoms with van der Waals surface area (Å²) in [5, 5.41) is 8.92. The second kappa shape index (κ2) is 5.17. The molecule has 1 saturated carbocycles. The van der Waals surface area contributed by atoms with Gasteiger partial charge in [-0.3, -0.25) is 0 Å². The Labute approximate surface area is 101 Å². The van der Waals surface area contributed by atoms with Crippen molar-refractivity contribution in [3.63, 3.8) is 0 Å². The van der Waals surface area contributed by atoms with Crippen molar-refractivity contribution in [3.8, 4) is 0 Å². The molecule has 0 bridgehead atoms. The molecule has 1 aliphatic carbocycles. The number of nitrogens with zero attached hydrogens (tertiary/aromatic N) is 2. The third-order valence-electron chi connectivity index (χ3n) is 3.44. The Bertz CT molecular complexity index is 400. The fourth-order valence-corrected chi connectivity index (χ4v) is 2.39. The van der Waals surface area contributed by atoms with Crippen LogP contribution >= 0.6 is 0 Å². The number of carboxylic acids is 1. The number of pyridine rings is 1. The summed E-state index contributed by atoms with van der Waals surface area (Å²) in [5.74, 6) is -0.208. The third-order valence-corrected chi connectivity index (χ3v) is 3.44. The largest absolute Gasteiger partial charge is 0.477 e. The van der Waals surface area contributed by atoms with Crippen LogP contribution in [0.3, 0.4) is 0 Å². The van der Waals surface area contributed by atoms with Gasteiger partial charge in [-0.15, -0.1) is 0 Å². The monoisotopic (exact) mass is 234 g/mol. The lowest BCUT2D eigenvalue weighted by molar-refractivity contribution is 0.0690. The normalized spacial score (nSPS) is 16.8. The van der Waals surface area contributed by atoms with E-state index in [-0.39, 0.29) is 5.69 Å². The smallest absolute Gasteiger partial charge is 0.354 e. The molecular weight excluding hydrogens is 216 g/mol. The van der Waals surface area contributed by atoms with Crippen molar-refractivity contribution in [1.29, 1.82) is 0 Å². The van der Waals surface area contributed by atoms with E-state index in [1.54, 1.807) is 6.07 Å². The molecule has 1 aromatic heterocycles. The number of carboxylic acid groups (broad SMARTS) is 1. The third kappa shape index (κ3) is 2.75. The van der Waals surface area contributed by atoms with E-state index in [1.165, 1.54) is 38.2 Å². The summed E-state index contributed by atoms with van der Waals surface area (Å²) in [6.45, 7) is 0. The van der Waals surface area contributed by atoms with E-state index >= 15 is 0 Å². The van der Waals surface area contributed by atoms with Crippen molar-refractivity contribution in [3.05, 3.63) is 23.9 Å². The molecule has 1 aliphatic rings. The molecular formula is C13H18N2O2. The predicted molar refractivity (Wildman–Crippen MR) is 66.5 cm³/mol. The van der Waals surface area contributed by atoms with Crippen molar-refractivity contribution >= 4 is 11.8 Å². The second-order valence-corrected chi connectivity index (χ2v) is 4.59. The molecule has 2 rings (SSSR count). The molecule has 1 N–H and O–H groups in total. The molecule has 0 saturated heterocycles. The summed E-state index contributed by atoms with van der Waals surface area (Å²) in [4.78, 5) is 17.2. The quantitative estimate of drug-likeness (QED) is 0.873. The molecule has 0 aliphatic heterocycles. The number of anilines is 1. The molecule has 0 radical (unpaired) electrons. The van der Waals surface area contributed by atoms with Crippen LogP contribution in [0.1, 0.15) is 42.6 Å². The topological polar surface area (TPSA) is 53.4 Å². The number of rotatable bonds is 3. The van der Waals surface area contributed by atoms with Gasteiger partial charge in [0.25, 0.3) is 0 Å². The summed E-state index contributed by atoms with van der Waals surface area (Å²) in [6, 6.07) is 5.66. The number of aromatic carboxylic acids is 1. The van der Waals surface area contributed by atoms with Gasteiger partial charge in [-0.1, -0.05) is 25.3 Å². The van der Waals surface area contributed by atoms with E-state index in [4.69, 9.17) is 5.11 Å². The SMILES string of the molecule is CN(c1cccc(C(=O)O)n1)C1CCCCC1. The maximum atomic E-state index is 10.9. The van der Waals surface area contributed by atoms with Crippen molar-refractivity contribution < 1.29 is 9.90 Å². The number of carbonyl (C=O) groups is 1. The summed E-state index contributed by atoms with van der Waals surface area (Å²) in [5.41, 5.74) is 0.116. The highest BCUT2D eigenvalue weighted by Crippen LogP contribution is 2.24. The van der Waals surface area contributed by atoms with E-state index in [1.807, 2.05) is 13.1 Å². The van der Waals surface area contributed by atoms with Gasteiger partial charge in [0.1, 0.15) is 5.82 Å². The Balaban J connectivity index is 2.14. The zero-order valence-electron chi connectivity index (χ0n) is 10.1. The highest BCUT2D eigenvalue weighted by Gasteiger charge is 2.19. The van der Waals surface area contributed by atoms with Crippen LogP contribution in [0.4, 0.5) is 5.82 Å². The van der Waals surface area contributed by atoms with Crippen LogP contribution in [0.15, 0.2) is 18.2 Å². The van der Waals surface area contributed by atoms with Gasteiger partial charge in [0.15, 0.2) is 5.69 Å². The van der Waals surface area contributed by atoms with Gasteiger partial charge in [-0.05, 0) is 25.0 Å². The first-order valence-electron chi connectivity index (χ1n) is 6.11. The van der Waals surface area contributed by atoms with Crippen LogP contribution in [-0.2, 0) is 0 Å². The minimum atomic E-state index is -0.969. The molecule has 4 nitrogen and oxygen atoms in total. The summed E-state index contributed by atoms with van der Waals surface area (Å²) < 4.78 is 0. The van der Waals surface area contributed by atoms with Crippen molar-refractivity contribution in [2.24, 2.45) is 0 Å². The maximum absolute atomic E-state index is 10.9. The molecule has 0 atom stereocenters. The van der Waals surface area contributed by atoms with Crippen LogP contribution in [-0.4, -0.2) is 29.1 Å². The lowest BCUT2D eigenvalue weighted by Gasteiger charge is -2.32. The Morgan fingerprint density at radius 2 is 2.06 bits per heavy atom. The molecule has 17 heavy (non-hydrogen) atoms. The lowest BCUT2D eigenvalue weighted by Crippen LogP contribution is -2.34. The van der Waals surface area contributed by atoms with Gasteiger partial charge in [-0.25, -0.2) is 9.78 Å². The molecule has 92 valence electrons. The summed E-state index contributed by atoms with van der Waals surface area (Å²) in [7, 11) is 2.00. The average molecular weight is 234 g/mol. The van der Waals surface area contributed by atoms with Gasteiger partial charge in [-0.2, -0.15) is 0 Å². The van der Waals surface area contributed by atoms with Crippen molar-refractivity contribution in [1.82, 2.24) is 4.98 Å².